The first-order valence-electron chi connectivity index (χ1n) is 4.61. The number of aliphatic hydroxyl groups is 1. The first kappa shape index (κ1) is 10.2. The summed E-state index contributed by atoms with van der Waals surface area (Å²) in [6.45, 7) is 1.75. The molecule has 72 valence electrons. The fourth-order valence-electron chi connectivity index (χ4n) is 1.29. The molecule has 0 heterocycles. The highest BCUT2D eigenvalue weighted by atomic mass is 19.1. The van der Waals surface area contributed by atoms with Crippen LogP contribution in [0.5, 0.6) is 0 Å². The summed E-state index contributed by atoms with van der Waals surface area (Å²) in [5, 5.41) is 9.01. The Morgan fingerprint density at radius 3 is 2.69 bits per heavy atom. The van der Waals surface area contributed by atoms with Crippen LogP contribution in [0.25, 0.3) is 0 Å². The summed E-state index contributed by atoms with van der Waals surface area (Å²) in [5.41, 5.74) is 0.739. The van der Waals surface area contributed by atoms with Crippen LogP contribution in [0.3, 0.4) is 0 Å². The fraction of sp³-hybridized carbons (Fsp3) is 0.455. The molecule has 1 atom stereocenters. The highest BCUT2D eigenvalue weighted by Gasteiger charge is 2.01. The highest BCUT2D eigenvalue weighted by molar-refractivity contribution is 5.17. The molecule has 0 bridgehead atoms. The first-order chi connectivity index (χ1) is 6.20. The lowest BCUT2D eigenvalue weighted by Crippen LogP contribution is -2.00. The van der Waals surface area contributed by atoms with Crippen LogP contribution in [0.2, 0.25) is 0 Å². The number of aliphatic hydroxyl groups excluding tert-OH is 1. The SMILES string of the molecule is C[C@H](O)CCCc1ccccc1F. The Bertz CT molecular complexity index is 258. The Labute approximate surface area is 78.2 Å². The van der Waals surface area contributed by atoms with Crippen molar-refractivity contribution in [2.75, 3.05) is 0 Å². The minimum atomic E-state index is -0.285. The second kappa shape index (κ2) is 4.97. The molecule has 1 aromatic carbocycles. The van der Waals surface area contributed by atoms with Crippen LogP contribution in [0.4, 0.5) is 4.39 Å². The van der Waals surface area contributed by atoms with E-state index >= 15 is 0 Å². The van der Waals surface area contributed by atoms with Crippen molar-refractivity contribution in [2.24, 2.45) is 0 Å². The molecule has 13 heavy (non-hydrogen) atoms. The Balaban J connectivity index is 2.41. The summed E-state index contributed by atoms with van der Waals surface area (Å²) in [7, 11) is 0. The quantitative estimate of drug-likeness (QED) is 0.758. The Morgan fingerprint density at radius 2 is 2.08 bits per heavy atom. The van der Waals surface area contributed by atoms with Gasteiger partial charge >= 0.3 is 0 Å². The molecule has 1 N–H and O–H groups in total. The molecular formula is C11H15FO. The van der Waals surface area contributed by atoms with Crippen LogP contribution in [0, 0.1) is 5.82 Å². The van der Waals surface area contributed by atoms with E-state index in [0.29, 0.717) is 6.42 Å². The van der Waals surface area contributed by atoms with E-state index in [1.165, 1.54) is 6.07 Å². The third kappa shape index (κ3) is 3.55. The zero-order valence-corrected chi connectivity index (χ0v) is 7.83. The molecule has 0 aliphatic heterocycles. The van der Waals surface area contributed by atoms with E-state index in [0.717, 1.165) is 18.4 Å². The number of hydrogen-bond acceptors (Lipinski definition) is 1. The maximum absolute atomic E-state index is 13.1. The molecule has 0 aliphatic rings. The minimum Gasteiger partial charge on any atom is -0.393 e. The van der Waals surface area contributed by atoms with Gasteiger partial charge in [0.25, 0.3) is 0 Å². The molecule has 1 nitrogen and oxygen atoms in total. The fourth-order valence-corrected chi connectivity index (χ4v) is 1.29. The standard InChI is InChI=1S/C11H15FO/c1-9(13)5-4-7-10-6-2-3-8-11(10)12/h2-3,6,8-9,13H,4-5,7H2,1H3/t9-/m0/s1. The van der Waals surface area contributed by atoms with Crippen LogP contribution in [0.15, 0.2) is 24.3 Å². The van der Waals surface area contributed by atoms with Gasteiger partial charge in [-0.25, -0.2) is 4.39 Å². The van der Waals surface area contributed by atoms with Crippen molar-refractivity contribution in [3.05, 3.63) is 35.6 Å². The summed E-state index contributed by atoms with van der Waals surface area (Å²) >= 11 is 0. The lowest BCUT2D eigenvalue weighted by Gasteiger charge is -2.04. The van der Waals surface area contributed by atoms with Crippen molar-refractivity contribution < 1.29 is 9.50 Å². The maximum Gasteiger partial charge on any atom is 0.126 e. The number of rotatable bonds is 4. The molecule has 0 saturated heterocycles. The third-order valence-corrected chi connectivity index (χ3v) is 2.03. The summed E-state index contributed by atoms with van der Waals surface area (Å²) in [4.78, 5) is 0. The van der Waals surface area contributed by atoms with Gasteiger partial charge in [0.2, 0.25) is 0 Å². The summed E-state index contributed by atoms with van der Waals surface area (Å²) in [6, 6.07) is 6.78. The van der Waals surface area contributed by atoms with Gasteiger partial charge in [-0.05, 0) is 37.8 Å². The Morgan fingerprint density at radius 1 is 1.38 bits per heavy atom. The molecule has 2 heteroatoms. The van der Waals surface area contributed by atoms with Gasteiger partial charge in [0.1, 0.15) is 5.82 Å². The van der Waals surface area contributed by atoms with Crippen LogP contribution >= 0.6 is 0 Å². The summed E-state index contributed by atoms with van der Waals surface area (Å²) in [6.07, 6.45) is 1.98. The molecular weight excluding hydrogens is 167 g/mol. The van der Waals surface area contributed by atoms with Crippen molar-refractivity contribution >= 4 is 0 Å². The number of halogens is 1. The van der Waals surface area contributed by atoms with E-state index < -0.39 is 0 Å². The van der Waals surface area contributed by atoms with Crippen molar-refractivity contribution in [3.63, 3.8) is 0 Å². The van der Waals surface area contributed by atoms with E-state index in [9.17, 15) is 4.39 Å². The molecule has 0 amide bonds. The average molecular weight is 182 g/mol. The second-order valence-electron chi connectivity index (χ2n) is 3.33. The van der Waals surface area contributed by atoms with Crippen LogP contribution in [-0.4, -0.2) is 11.2 Å². The van der Waals surface area contributed by atoms with Gasteiger partial charge in [-0.2, -0.15) is 0 Å². The average Bonchev–Trinajstić information content (AvgIpc) is 2.08. The van der Waals surface area contributed by atoms with Gasteiger partial charge in [-0.1, -0.05) is 18.2 Å². The summed E-state index contributed by atoms with van der Waals surface area (Å²) in [5.74, 6) is -0.145. The molecule has 0 unspecified atom stereocenters. The molecule has 0 radical (unpaired) electrons. The van der Waals surface area contributed by atoms with E-state index in [4.69, 9.17) is 5.11 Å². The van der Waals surface area contributed by atoms with Crippen molar-refractivity contribution in [1.29, 1.82) is 0 Å². The maximum atomic E-state index is 13.1. The molecule has 1 aromatic rings. The van der Waals surface area contributed by atoms with Crippen LogP contribution < -0.4 is 0 Å². The number of hydrogen-bond donors (Lipinski definition) is 1. The zero-order valence-electron chi connectivity index (χ0n) is 7.83. The monoisotopic (exact) mass is 182 g/mol. The van der Waals surface area contributed by atoms with Crippen LogP contribution in [-0.2, 0) is 6.42 Å². The molecule has 0 saturated carbocycles. The van der Waals surface area contributed by atoms with Crippen LogP contribution in [0.1, 0.15) is 25.3 Å². The third-order valence-electron chi connectivity index (χ3n) is 2.03. The van der Waals surface area contributed by atoms with E-state index in [1.807, 2.05) is 6.07 Å². The Hall–Kier alpha value is -0.890. The van der Waals surface area contributed by atoms with Crippen molar-refractivity contribution in [2.45, 2.75) is 32.3 Å². The number of benzene rings is 1. The van der Waals surface area contributed by atoms with Gasteiger partial charge in [-0.15, -0.1) is 0 Å². The predicted molar refractivity (Wildman–Crippen MR) is 51.0 cm³/mol. The topological polar surface area (TPSA) is 20.2 Å². The van der Waals surface area contributed by atoms with Gasteiger partial charge in [0.05, 0.1) is 6.10 Å². The number of aryl methyl sites for hydroxylation is 1. The van der Waals surface area contributed by atoms with Gasteiger partial charge < -0.3 is 5.11 Å². The normalized spacial score (nSPS) is 12.8. The van der Waals surface area contributed by atoms with Crippen molar-refractivity contribution in [3.8, 4) is 0 Å². The van der Waals surface area contributed by atoms with E-state index in [2.05, 4.69) is 0 Å². The first-order valence-corrected chi connectivity index (χ1v) is 4.61. The largest absolute Gasteiger partial charge is 0.393 e. The highest BCUT2D eigenvalue weighted by Crippen LogP contribution is 2.10. The molecule has 1 rings (SSSR count). The lowest BCUT2D eigenvalue weighted by molar-refractivity contribution is 0.181. The molecule has 0 fully saturated rings. The van der Waals surface area contributed by atoms with Gasteiger partial charge in [-0.3, -0.25) is 0 Å². The van der Waals surface area contributed by atoms with E-state index in [1.54, 1.807) is 19.1 Å². The lowest BCUT2D eigenvalue weighted by atomic mass is 10.1. The van der Waals surface area contributed by atoms with Gasteiger partial charge in [0, 0.05) is 0 Å². The summed E-state index contributed by atoms with van der Waals surface area (Å²) < 4.78 is 13.1. The second-order valence-corrected chi connectivity index (χ2v) is 3.33. The van der Waals surface area contributed by atoms with Gasteiger partial charge in [0.15, 0.2) is 0 Å². The predicted octanol–water partition coefficient (Wildman–Crippen LogP) is 2.53. The molecule has 0 aromatic heterocycles. The molecule has 0 spiro atoms. The smallest absolute Gasteiger partial charge is 0.126 e. The zero-order chi connectivity index (χ0) is 9.68. The van der Waals surface area contributed by atoms with E-state index in [-0.39, 0.29) is 11.9 Å². The van der Waals surface area contributed by atoms with Crippen molar-refractivity contribution in [1.82, 2.24) is 0 Å². The minimum absolute atomic E-state index is 0.145. The Kier molecular flexibility index (Phi) is 3.90. The molecule has 0 aliphatic carbocycles.